The zero-order valence-electron chi connectivity index (χ0n) is 16.7. The zero-order chi connectivity index (χ0) is 18.7. The molecule has 1 unspecified atom stereocenters. The van der Waals surface area contributed by atoms with Crippen LogP contribution >= 0.6 is 12.4 Å². The van der Waals surface area contributed by atoms with Crippen LogP contribution in [0.4, 0.5) is 0 Å². The second kappa shape index (κ2) is 9.33. The van der Waals surface area contributed by atoms with Crippen LogP contribution in [0.5, 0.6) is 11.5 Å². The molecule has 6 nitrogen and oxygen atoms in total. The summed E-state index contributed by atoms with van der Waals surface area (Å²) in [4.78, 5) is 16.6. The van der Waals surface area contributed by atoms with E-state index in [9.17, 15) is 4.79 Å². The molecule has 3 aliphatic heterocycles. The van der Waals surface area contributed by atoms with E-state index in [1.807, 2.05) is 17.0 Å². The number of halogens is 1. The lowest BCUT2D eigenvalue weighted by Crippen LogP contribution is -2.32. The van der Waals surface area contributed by atoms with Crippen LogP contribution in [0.15, 0.2) is 18.2 Å². The van der Waals surface area contributed by atoms with Gasteiger partial charge in [0.15, 0.2) is 18.1 Å². The van der Waals surface area contributed by atoms with Crippen molar-refractivity contribution in [2.45, 2.75) is 32.2 Å². The minimum Gasteiger partial charge on any atom is -0.493 e. The van der Waals surface area contributed by atoms with Crippen molar-refractivity contribution in [3.63, 3.8) is 0 Å². The van der Waals surface area contributed by atoms with E-state index < -0.39 is 0 Å². The first-order valence-electron chi connectivity index (χ1n) is 10.2. The molecule has 0 saturated carbocycles. The Morgan fingerprint density at radius 1 is 1.18 bits per heavy atom. The molecule has 0 aliphatic carbocycles. The van der Waals surface area contributed by atoms with Crippen LogP contribution in [0, 0.1) is 5.41 Å². The summed E-state index contributed by atoms with van der Waals surface area (Å²) in [7, 11) is 1.66. The van der Waals surface area contributed by atoms with E-state index in [-0.39, 0.29) is 24.9 Å². The topological polar surface area (TPSA) is 54.0 Å². The van der Waals surface area contributed by atoms with Crippen LogP contribution in [-0.2, 0) is 11.3 Å². The maximum absolute atomic E-state index is 12.2. The van der Waals surface area contributed by atoms with Crippen molar-refractivity contribution in [1.29, 1.82) is 0 Å². The van der Waals surface area contributed by atoms with E-state index in [1.54, 1.807) is 7.11 Å². The van der Waals surface area contributed by atoms with Gasteiger partial charge in [0.05, 0.1) is 7.11 Å². The predicted octanol–water partition coefficient (Wildman–Crippen LogP) is 2.30. The summed E-state index contributed by atoms with van der Waals surface area (Å²) in [6.45, 7) is 7.37. The number of benzene rings is 1. The predicted molar refractivity (Wildman–Crippen MR) is 111 cm³/mol. The van der Waals surface area contributed by atoms with Gasteiger partial charge in [0.25, 0.3) is 5.91 Å². The first kappa shape index (κ1) is 21.2. The second-order valence-electron chi connectivity index (χ2n) is 8.25. The molecule has 0 radical (unpaired) electrons. The third kappa shape index (κ3) is 4.73. The Hall–Kier alpha value is -1.50. The number of rotatable bonds is 6. The molecule has 156 valence electrons. The number of carbonyl (C=O) groups excluding carboxylic acids is 1. The maximum Gasteiger partial charge on any atom is 0.260 e. The van der Waals surface area contributed by atoms with Gasteiger partial charge in [-0.3, -0.25) is 9.69 Å². The highest BCUT2D eigenvalue weighted by Crippen LogP contribution is 2.37. The van der Waals surface area contributed by atoms with Crippen LogP contribution in [-0.4, -0.2) is 68.7 Å². The molecule has 3 heterocycles. The number of carbonyl (C=O) groups is 1. The van der Waals surface area contributed by atoms with Gasteiger partial charge in [-0.25, -0.2) is 0 Å². The number of nitrogens with zero attached hydrogens (tertiary/aromatic N) is 2. The molecule has 3 fully saturated rings. The van der Waals surface area contributed by atoms with E-state index in [4.69, 9.17) is 9.47 Å². The standard InChI is InChI=1S/C21H31N3O3.ClH/c1-26-19-12-17(13-23-11-7-21(16-23)6-8-22-15-21)4-5-18(19)27-14-20(25)24-9-2-3-10-24;/h4-5,12,22H,2-3,6-11,13-16H2,1H3;1H. The van der Waals surface area contributed by atoms with Gasteiger partial charge in [0.1, 0.15) is 0 Å². The van der Waals surface area contributed by atoms with Crippen LogP contribution in [0.25, 0.3) is 0 Å². The summed E-state index contributed by atoms with van der Waals surface area (Å²) in [6, 6.07) is 6.08. The minimum atomic E-state index is 0. The summed E-state index contributed by atoms with van der Waals surface area (Å²) in [5.74, 6) is 1.41. The molecule has 0 aromatic heterocycles. The van der Waals surface area contributed by atoms with Crippen LogP contribution in [0.2, 0.25) is 0 Å². The van der Waals surface area contributed by atoms with Crippen LogP contribution in [0.1, 0.15) is 31.2 Å². The Bertz CT molecular complexity index is 673. The molecular formula is C21H32ClN3O3. The fraction of sp³-hybridized carbons (Fsp3) is 0.667. The first-order valence-corrected chi connectivity index (χ1v) is 10.2. The van der Waals surface area contributed by atoms with Gasteiger partial charge in [0.2, 0.25) is 0 Å². The van der Waals surface area contributed by atoms with Crippen molar-refractivity contribution >= 4 is 18.3 Å². The van der Waals surface area contributed by atoms with Gasteiger partial charge < -0.3 is 19.7 Å². The molecule has 4 rings (SSSR count). The molecule has 7 heteroatoms. The number of hydrogen-bond donors (Lipinski definition) is 1. The molecule has 0 bridgehead atoms. The van der Waals surface area contributed by atoms with Crippen LogP contribution in [0.3, 0.4) is 0 Å². The highest BCUT2D eigenvalue weighted by molar-refractivity contribution is 5.85. The Labute approximate surface area is 173 Å². The fourth-order valence-corrected chi connectivity index (χ4v) is 4.69. The van der Waals surface area contributed by atoms with Crippen LogP contribution < -0.4 is 14.8 Å². The fourth-order valence-electron chi connectivity index (χ4n) is 4.69. The van der Waals surface area contributed by atoms with Crippen molar-refractivity contribution < 1.29 is 14.3 Å². The molecule has 1 aromatic carbocycles. The van der Waals surface area contributed by atoms with E-state index >= 15 is 0 Å². The molecule has 1 N–H and O–H groups in total. The largest absolute Gasteiger partial charge is 0.493 e. The second-order valence-corrected chi connectivity index (χ2v) is 8.25. The quantitative estimate of drug-likeness (QED) is 0.781. The van der Waals surface area contributed by atoms with Gasteiger partial charge in [-0.1, -0.05) is 6.07 Å². The summed E-state index contributed by atoms with van der Waals surface area (Å²) in [5.41, 5.74) is 1.72. The van der Waals surface area contributed by atoms with Crippen molar-refractivity contribution in [2.75, 3.05) is 53.0 Å². The monoisotopic (exact) mass is 409 g/mol. The van der Waals surface area contributed by atoms with Crippen molar-refractivity contribution in [2.24, 2.45) is 5.41 Å². The van der Waals surface area contributed by atoms with Gasteiger partial charge in [-0.2, -0.15) is 0 Å². The Morgan fingerprint density at radius 2 is 2.00 bits per heavy atom. The van der Waals surface area contributed by atoms with Gasteiger partial charge >= 0.3 is 0 Å². The smallest absolute Gasteiger partial charge is 0.260 e. The maximum atomic E-state index is 12.2. The average Bonchev–Trinajstić information content (AvgIpc) is 3.44. The lowest BCUT2D eigenvalue weighted by atomic mass is 9.86. The Morgan fingerprint density at radius 3 is 2.71 bits per heavy atom. The highest BCUT2D eigenvalue weighted by Gasteiger charge is 2.40. The lowest BCUT2D eigenvalue weighted by Gasteiger charge is -2.23. The van der Waals surface area contributed by atoms with E-state index in [2.05, 4.69) is 16.3 Å². The van der Waals surface area contributed by atoms with Gasteiger partial charge in [-0.05, 0) is 61.9 Å². The normalized spacial score (nSPS) is 24.5. The number of methoxy groups -OCH3 is 1. The van der Waals surface area contributed by atoms with Crippen molar-refractivity contribution in [3.8, 4) is 11.5 Å². The third-order valence-electron chi connectivity index (χ3n) is 6.29. The molecule has 1 spiro atoms. The SMILES string of the molecule is COc1cc(CN2CCC3(CCNC3)C2)ccc1OCC(=O)N1CCCC1.Cl. The lowest BCUT2D eigenvalue weighted by molar-refractivity contribution is -0.132. The summed E-state index contributed by atoms with van der Waals surface area (Å²) >= 11 is 0. The van der Waals surface area contributed by atoms with Gasteiger partial charge in [0, 0.05) is 32.7 Å². The summed E-state index contributed by atoms with van der Waals surface area (Å²) < 4.78 is 11.3. The zero-order valence-corrected chi connectivity index (χ0v) is 17.6. The molecular weight excluding hydrogens is 378 g/mol. The number of ether oxygens (including phenoxy) is 2. The highest BCUT2D eigenvalue weighted by atomic mass is 35.5. The first-order chi connectivity index (χ1) is 13.2. The number of nitrogens with one attached hydrogen (secondary N) is 1. The minimum absolute atomic E-state index is 0. The van der Waals surface area contributed by atoms with E-state index in [1.165, 1.54) is 24.9 Å². The van der Waals surface area contributed by atoms with Crippen molar-refractivity contribution in [1.82, 2.24) is 15.1 Å². The number of amides is 1. The average molecular weight is 410 g/mol. The molecule has 3 saturated heterocycles. The molecule has 1 amide bonds. The van der Waals surface area contributed by atoms with E-state index in [0.717, 1.165) is 52.1 Å². The van der Waals surface area contributed by atoms with Crippen molar-refractivity contribution in [3.05, 3.63) is 23.8 Å². The Kier molecular flexibility index (Phi) is 7.07. The molecule has 28 heavy (non-hydrogen) atoms. The molecule has 3 aliphatic rings. The van der Waals surface area contributed by atoms with Gasteiger partial charge in [-0.15, -0.1) is 12.4 Å². The summed E-state index contributed by atoms with van der Waals surface area (Å²) in [5, 5.41) is 3.51. The van der Waals surface area contributed by atoms with E-state index in [0.29, 0.717) is 16.9 Å². The molecule has 1 aromatic rings. The Balaban J connectivity index is 0.00000225. The third-order valence-corrected chi connectivity index (χ3v) is 6.29. The molecule has 1 atom stereocenters. The summed E-state index contributed by atoms with van der Waals surface area (Å²) in [6.07, 6.45) is 4.77. The number of hydrogen-bond acceptors (Lipinski definition) is 5. The number of likely N-dealkylation sites (tertiary alicyclic amines) is 2.